The van der Waals surface area contributed by atoms with E-state index in [1.54, 1.807) is 0 Å². The summed E-state index contributed by atoms with van der Waals surface area (Å²) < 4.78 is 0. The lowest BCUT2D eigenvalue weighted by Crippen LogP contribution is -1.91. The number of hydrogen-bond acceptors (Lipinski definition) is 1. The lowest BCUT2D eigenvalue weighted by atomic mass is 10.3. The summed E-state index contributed by atoms with van der Waals surface area (Å²) >= 11 is 2.01. The standard InChI is InChI=1S/C7H15S/c1-4-5-8-6-7(2)3/h4,7H,5-6H2,1-3H3. The fraction of sp³-hybridized carbons (Fsp3) is 0.857. The Morgan fingerprint density at radius 2 is 2.12 bits per heavy atom. The fourth-order valence-electron chi connectivity index (χ4n) is 0.422. The molecule has 0 fully saturated rings. The molecule has 0 aliphatic heterocycles. The van der Waals surface area contributed by atoms with Crippen molar-refractivity contribution in [3.63, 3.8) is 0 Å². The van der Waals surface area contributed by atoms with E-state index in [1.165, 1.54) is 11.5 Å². The Kier molecular flexibility index (Phi) is 5.73. The Morgan fingerprint density at radius 1 is 1.50 bits per heavy atom. The molecule has 0 aromatic heterocycles. The van der Waals surface area contributed by atoms with E-state index in [1.807, 2.05) is 11.8 Å². The van der Waals surface area contributed by atoms with E-state index in [0.29, 0.717) is 0 Å². The van der Waals surface area contributed by atoms with Crippen molar-refractivity contribution in [1.82, 2.24) is 0 Å². The fourth-order valence-corrected chi connectivity index (χ4v) is 1.26. The molecule has 0 amide bonds. The van der Waals surface area contributed by atoms with Gasteiger partial charge in [0.05, 0.1) is 0 Å². The molecule has 8 heavy (non-hydrogen) atoms. The van der Waals surface area contributed by atoms with Crippen LogP contribution in [0.1, 0.15) is 20.8 Å². The van der Waals surface area contributed by atoms with Crippen LogP contribution in [-0.2, 0) is 0 Å². The van der Waals surface area contributed by atoms with Crippen molar-refractivity contribution < 1.29 is 0 Å². The summed E-state index contributed by atoms with van der Waals surface area (Å²) in [5.74, 6) is 3.35. The lowest BCUT2D eigenvalue weighted by molar-refractivity contribution is 0.750. The predicted molar refractivity (Wildman–Crippen MR) is 42.1 cm³/mol. The molecule has 0 saturated heterocycles. The molecule has 1 radical (unpaired) electrons. The highest BCUT2D eigenvalue weighted by Gasteiger charge is 1.90. The maximum absolute atomic E-state index is 2.25. The Hall–Kier alpha value is 0.350. The molecule has 0 rings (SSSR count). The van der Waals surface area contributed by atoms with Gasteiger partial charge >= 0.3 is 0 Å². The van der Waals surface area contributed by atoms with Gasteiger partial charge in [0.2, 0.25) is 0 Å². The van der Waals surface area contributed by atoms with E-state index in [4.69, 9.17) is 0 Å². The first kappa shape index (κ1) is 8.35. The van der Waals surface area contributed by atoms with E-state index < -0.39 is 0 Å². The summed E-state index contributed by atoms with van der Waals surface area (Å²) in [6, 6.07) is 0. The van der Waals surface area contributed by atoms with E-state index in [0.717, 1.165) is 5.92 Å². The van der Waals surface area contributed by atoms with Gasteiger partial charge in [-0.05, 0) is 23.8 Å². The average molecular weight is 131 g/mol. The Balaban J connectivity index is 2.72. The van der Waals surface area contributed by atoms with Crippen LogP contribution in [0.15, 0.2) is 0 Å². The van der Waals surface area contributed by atoms with Crippen LogP contribution in [-0.4, -0.2) is 11.5 Å². The molecular formula is C7H15S. The summed E-state index contributed by atoms with van der Waals surface area (Å²) in [4.78, 5) is 0. The largest absolute Gasteiger partial charge is 0.161 e. The van der Waals surface area contributed by atoms with Crippen LogP contribution in [0.3, 0.4) is 0 Å². The van der Waals surface area contributed by atoms with Crippen molar-refractivity contribution in [2.24, 2.45) is 5.92 Å². The molecule has 49 valence electrons. The molecule has 0 aliphatic rings. The van der Waals surface area contributed by atoms with E-state index >= 15 is 0 Å². The Bertz CT molecular complexity index is 41.7. The van der Waals surface area contributed by atoms with Gasteiger partial charge in [0.25, 0.3) is 0 Å². The minimum absolute atomic E-state index is 0.847. The Labute approximate surface area is 57.1 Å². The summed E-state index contributed by atoms with van der Waals surface area (Å²) in [6.45, 7) is 6.61. The van der Waals surface area contributed by atoms with E-state index in [9.17, 15) is 0 Å². The van der Waals surface area contributed by atoms with Crippen molar-refractivity contribution in [2.45, 2.75) is 20.8 Å². The van der Waals surface area contributed by atoms with Crippen molar-refractivity contribution in [2.75, 3.05) is 11.5 Å². The van der Waals surface area contributed by atoms with Crippen LogP contribution in [0.5, 0.6) is 0 Å². The third-order valence-corrected chi connectivity index (χ3v) is 2.21. The third kappa shape index (κ3) is 6.35. The van der Waals surface area contributed by atoms with Crippen molar-refractivity contribution in [1.29, 1.82) is 0 Å². The van der Waals surface area contributed by atoms with Crippen LogP contribution < -0.4 is 0 Å². The van der Waals surface area contributed by atoms with E-state index in [2.05, 4.69) is 27.2 Å². The molecular weight excluding hydrogens is 116 g/mol. The van der Waals surface area contributed by atoms with Gasteiger partial charge in [-0.15, -0.1) is 0 Å². The molecule has 0 aromatic rings. The monoisotopic (exact) mass is 131 g/mol. The maximum atomic E-state index is 2.25. The van der Waals surface area contributed by atoms with Gasteiger partial charge in [-0.1, -0.05) is 20.8 Å². The van der Waals surface area contributed by atoms with E-state index in [-0.39, 0.29) is 0 Å². The van der Waals surface area contributed by atoms with Crippen LogP contribution in [0.4, 0.5) is 0 Å². The first-order valence-corrected chi connectivity index (χ1v) is 4.28. The van der Waals surface area contributed by atoms with Gasteiger partial charge in [-0.3, -0.25) is 0 Å². The highest BCUT2D eigenvalue weighted by Crippen LogP contribution is 2.07. The second-order valence-electron chi connectivity index (χ2n) is 2.34. The zero-order chi connectivity index (χ0) is 6.41. The minimum Gasteiger partial charge on any atom is -0.161 e. The molecule has 0 bridgehead atoms. The SMILES string of the molecule is C[CH]CSCC(C)C. The molecule has 0 unspecified atom stereocenters. The summed E-state index contributed by atoms with van der Waals surface area (Å²) in [6.07, 6.45) is 2.20. The topological polar surface area (TPSA) is 0 Å². The number of rotatable bonds is 4. The van der Waals surface area contributed by atoms with Crippen LogP contribution in [0.2, 0.25) is 0 Å². The smallest absolute Gasteiger partial charge is 0.00388 e. The highest BCUT2D eigenvalue weighted by molar-refractivity contribution is 7.99. The zero-order valence-electron chi connectivity index (χ0n) is 5.98. The first-order valence-electron chi connectivity index (χ1n) is 3.13. The molecule has 0 atom stereocenters. The maximum Gasteiger partial charge on any atom is -0.00388 e. The quantitative estimate of drug-likeness (QED) is 0.528. The lowest BCUT2D eigenvalue weighted by Gasteiger charge is -2.00. The highest BCUT2D eigenvalue weighted by atomic mass is 32.2. The van der Waals surface area contributed by atoms with Gasteiger partial charge in [-0.2, -0.15) is 11.8 Å². The molecule has 0 N–H and O–H groups in total. The second kappa shape index (κ2) is 5.49. The van der Waals surface area contributed by atoms with Crippen LogP contribution in [0.25, 0.3) is 0 Å². The van der Waals surface area contributed by atoms with Gasteiger partial charge < -0.3 is 0 Å². The normalized spacial score (nSPS) is 10.5. The average Bonchev–Trinajstić information content (AvgIpc) is 1.66. The van der Waals surface area contributed by atoms with Gasteiger partial charge in [-0.25, -0.2) is 0 Å². The van der Waals surface area contributed by atoms with Crippen molar-refractivity contribution >= 4 is 11.8 Å². The van der Waals surface area contributed by atoms with Crippen molar-refractivity contribution in [3.05, 3.63) is 6.42 Å². The summed E-state index contributed by atoms with van der Waals surface area (Å²) in [7, 11) is 0. The van der Waals surface area contributed by atoms with Gasteiger partial charge in [0.1, 0.15) is 0 Å². The van der Waals surface area contributed by atoms with Crippen LogP contribution in [0, 0.1) is 12.3 Å². The van der Waals surface area contributed by atoms with Gasteiger partial charge in [0, 0.05) is 0 Å². The molecule has 0 heterocycles. The van der Waals surface area contributed by atoms with Gasteiger partial charge in [0.15, 0.2) is 0 Å². The molecule has 0 saturated carbocycles. The second-order valence-corrected chi connectivity index (χ2v) is 3.41. The molecule has 0 nitrogen and oxygen atoms in total. The number of thioether (sulfide) groups is 1. The van der Waals surface area contributed by atoms with Crippen molar-refractivity contribution in [3.8, 4) is 0 Å². The molecule has 0 aliphatic carbocycles. The first-order chi connectivity index (χ1) is 3.77. The Morgan fingerprint density at radius 3 is 2.50 bits per heavy atom. The third-order valence-electron chi connectivity index (χ3n) is 0.736. The molecule has 1 heteroatoms. The molecule has 0 spiro atoms. The van der Waals surface area contributed by atoms with Crippen LogP contribution >= 0.6 is 11.8 Å². The minimum atomic E-state index is 0.847. The number of hydrogen-bond donors (Lipinski definition) is 0. The zero-order valence-corrected chi connectivity index (χ0v) is 6.79. The molecule has 0 aromatic carbocycles. The predicted octanol–water partition coefficient (Wildman–Crippen LogP) is 2.60. The summed E-state index contributed by atoms with van der Waals surface area (Å²) in [5, 5.41) is 0. The summed E-state index contributed by atoms with van der Waals surface area (Å²) in [5.41, 5.74) is 0.